The van der Waals surface area contributed by atoms with Gasteiger partial charge in [-0.05, 0) is 20.5 Å². The SMILES string of the molecule is CCCN(CCN(C)C)C(=O)Cn1cc(C(=O)O)nn1. The van der Waals surface area contributed by atoms with Crippen molar-refractivity contribution in [3.63, 3.8) is 0 Å². The number of aromatic nitrogens is 3. The fourth-order valence-corrected chi connectivity index (χ4v) is 1.66. The van der Waals surface area contributed by atoms with Crippen molar-refractivity contribution in [2.45, 2.75) is 19.9 Å². The molecule has 1 aromatic rings. The molecule has 1 N–H and O–H groups in total. The zero-order valence-electron chi connectivity index (χ0n) is 12.1. The number of carbonyl (C=O) groups excluding carboxylic acids is 1. The third-order valence-corrected chi connectivity index (χ3v) is 2.72. The molecule has 0 aliphatic carbocycles. The van der Waals surface area contributed by atoms with Crippen molar-refractivity contribution in [2.75, 3.05) is 33.7 Å². The average molecular weight is 283 g/mol. The van der Waals surface area contributed by atoms with Crippen LogP contribution < -0.4 is 0 Å². The topological polar surface area (TPSA) is 91.6 Å². The number of hydrogen-bond donors (Lipinski definition) is 1. The molecule has 0 fully saturated rings. The molecule has 0 radical (unpaired) electrons. The lowest BCUT2D eigenvalue weighted by molar-refractivity contribution is -0.132. The summed E-state index contributed by atoms with van der Waals surface area (Å²) in [6.07, 6.45) is 2.13. The van der Waals surface area contributed by atoms with Crippen molar-refractivity contribution in [1.29, 1.82) is 0 Å². The van der Waals surface area contributed by atoms with Crippen molar-refractivity contribution >= 4 is 11.9 Å². The van der Waals surface area contributed by atoms with Gasteiger partial charge in [0.25, 0.3) is 0 Å². The molecule has 1 aromatic heterocycles. The lowest BCUT2D eigenvalue weighted by Crippen LogP contribution is -2.39. The highest BCUT2D eigenvalue weighted by atomic mass is 16.4. The zero-order valence-corrected chi connectivity index (χ0v) is 12.1. The van der Waals surface area contributed by atoms with E-state index < -0.39 is 5.97 Å². The molecule has 1 heterocycles. The maximum Gasteiger partial charge on any atom is 0.358 e. The van der Waals surface area contributed by atoms with E-state index in [2.05, 4.69) is 10.3 Å². The molecule has 0 aliphatic heterocycles. The van der Waals surface area contributed by atoms with Crippen molar-refractivity contribution < 1.29 is 14.7 Å². The Hall–Kier alpha value is -1.96. The van der Waals surface area contributed by atoms with Gasteiger partial charge in [0.2, 0.25) is 5.91 Å². The molecule has 0 aromatic carbocycles. The molecule has 112 valence electrons. The molecular weight excluding hydrogens is 262 g/mol. The van der Waals surface area contributed by atoms with Crippen LogP contribution in [-0.4, -0.2) is 75.5 Å². The van der Waals surface area contributed by atoms with Crippen molar-refractivity contribution in [3.8, 4) is 0 Å². The van der Waals surface area contributed by atoms with Crippen LogP contribution in [-0.2, 0) is 11.3 Å². The second-order valence-corrected chi connectivity index (χ2v) is 4.79. The summed E-state index contributed by atoms with van der Waals surface area (Å²) >= 11 is 0. The fraction of sp³-hybridized carbons (Fsp3) is 0.667. The Morgan fingerprint density at radius 3 is 2.50 bits per heavy atom. The number of likely N-dealkylation sites (N-methyl/N-ethyl adjacent to an activating group) is 1. The minimum absolute atomic E-state index is 0.00765. The van der Waals surface area contributed by atoms with Crippen molar-refractivity contribution in [3.05, 3.63) is 11.9 Å². The Morgan fingerprint density at radius 2 is 2.00 bits per heavy atom. The Kier molecular flexibility index (Phi) is 6.10. The molecule has 20 heavy (non-hydrogen) atoms. The van der Waals surface area contributed by atoms with E-state index >= 15 is 0 Å². The van der Waals surface area contributed by atoms with Gasteiger partial charge in [-0.15, -0.1) is 5.10 Å². The third-order valence-electron chi connectivity index (χ3n) is 2.72. The summed E-state index contributed by atoms with van der Waals surface area (Å²) in [6, 6.07) is 0. The van der Waals surface area contributed by atoms with Crippen LogP contribution >= 0.6 is 0 Å². The second-order valence-electron chi connectivity index (χ2n) is 4.79. The maximum atomic E-state index is 12.2. The summed E-state index contributed by atoms with van der Waals surface area (Å²) < 4.78 is 1.25. The highest BCUT2D eigenvalue weighted by molar-refractivity contribution is 5.84. The quantitative estimate of drug-likeness (QED) is 0.709. The smallest absolute Gasteiger partial charge is 0.358 e. The molecule has 0 aliphatic rings. The first-order valence-electron chi connectivity index (χ1n) is 6.50. The largest absolute Gasteiger partial charge is 0.476 e. The Bertz CT molecular complexity index is 458. The van der Waals surface area contributed by atoms with E-state index in [9.17, 15) is 9.59 Å². The predicted molar refractivity (Wildman–Crippen MR) is 72.4 cm³/mol. The number of hydrogen-bond acceptors (Lipinski definition) is 5. The molecule has 0 atom stereocenters. The zero-order chi connectivity index (χ0) is 15.1. The third kappa shape index (κ3) is 4.96. The summed E-state index contributed by atoms with van der Waals surface area (Å²) in [6.45, 7) is 4.11. The number of carboxylic acids is 1. The normalized spacial score (nSPS) is 10.8. The van der Waals surface area contributed by atoms with E-state index in [1.807, 2.05) is 25.9 Å². The first kappa shape index (κ1) is 16.1. The molecular formula is C12H21N5O3. The maximum absolute atomic E-state index is 12.2. The van der Waals surface area contributed by atoms with E-state index in [0.717, 1.165) is 13.0 Å². The van der Waals surface area contributed by atoms with Crippen molar-refractivity contribution in [1.82, 2.24) is 24.8 Å². The molecule has 0 saturated carbocycles. The summed E-state index contributed by atoms with van der Waals surface area (Å²) in [5.74, 6) is -1.24. The van der Waals surface area contributed by atoms with Gasteiger partial charge in [-0.3, -0.25) is 4.79 Å². The van der Waals surface area contributed by atoms with E-state index in [-0.39, 0.29) is 18.1 Å². The lowest BCUT2D eigenvalue weighted by atomic mass is 10.3. The summed E-state index contributed by atoms with van der Waals surface area (Å²) in [4.78, 5) is 26.6. The lowest BCUT2D eigenvalue weighted by Gasteiger charge is -2.23. The minimum Gasteiger partial charge on any atom is -0.476 e. The number of carboxylic acid groups (broad SMARTS) is 1. The number of nitrogens with zero attached hydrogens (tertiary/aromatic N) is 5. The van der Waals surface area contributed by atoms with Gasteiger partial charge in [0.05, 0.1) is 6.20 Å². The number of amides is 1. The van der Waals surface area contributed by atoms with Crippen LogP contribution in [0.2, 0.25) is 0 Å². The van der Waals surface area contributed by atoms with Gasteiger partial charge in [0, 0.05) is 19.6 Å². The summed E-state index contributed by atoms with van der Waals surface area (Å²) in [5, 5.41) is 15.9. The van der Waals surface area contributed by atoms with Gasteiger partial charge in [0.1, 0.15) is 6.54 Å². The van der Waals surface area contributed by atoms with E-state index in [0.29, 0.717) is 13.1 Å². The van der Waals surface area contributed by atoms with Gasteiger partial charge in [-0.2, -0.15) is 0 Å². The molecule has 0 unspecified atom stereocenters. The minimum atomic E-state index is -1.15. The molecule has 1 rings (SSSR count). The highest BCUT2D eigenvalue weighted by Crippen LogP contribution is 1.98. The highest BCUT2D eigenvalue weighted by Gasteiger charge is 2.15. The monoisotopic (exact) mass is 283 g/mol. The van der Waals surface area contributed by atoms with Gasteiger partial charge in [-0.1, -0.05) is 12.1 Å². The number of rotatable bonds is 8. The molecule has 8 heteroatoms. The summed E-state index contributed by atoms with van der Waals surface area (Å²) in [7, 11) is 3.90. The van der Waals surface area contributed by atoms with Crippen LogP contribution in [0.15, 0.2) is 6.20 Å². The van der Waals surface area contributed by atoms with Crippen LogP contribution in [0.25, 0.3) is 0 Å². The first-order valence-corrected chi connectivity index (χ1v) is 6.50. The average Bonchev–Trinajstić information content (AvgIpc) is 2.82. The standard InChI is InChI=1S/C12H21N5O3/c1-4-5-16(7-6-15(2)3)11(18)9-17-8-10(12(19)20)13-14-17/h8H,4-7,9H2,1-3H3,(H,19,20). The predicted octanol–water partition coefficient (Wildman–Crippen LogP) is -0.223. The fourth-order valence-electron chi connectivity index (χ4n) is 1.66. The van der Waals surface area contributed by atoms with Crippen LogP contribution in [0.3, 0.4) is 0 Å². The molecule has 0 spiro atoms. The first-order chi connectivity index (χ1) is 9.43. The van der Waals surface area contributed by atoms with Crippen LogP contribution in [0.1, 0.15) is 23.8 Å². The van der Waals surface area contributed by atoms with Gasteiger partial charge in [0.15, 0.2) is 5.69 Å². The Labute approximate surface area is 118 Å². The van der Waals surface area contributed by atoms with Gasteiger partial charge in [-0.25, -0.2) is 9.48 Å². The molecule has 0 saturated heterocycles. The Morgan fingerprint density at radius 1 is 1.30 bits per heavy atom. The van der Waals surface area contributed by atoms with E-state index in [1.165, 1.54) is 10.9 Å². The van der Waals surface area contributed by atoms with Gasteiger partial charge < -0.3 is 14.9 Å². The second kappa shape index (κ2) is 7.59. The Balaban J connectivity index is 2.61. The van der Waals surface area contributed by atoms with E-state index in [4.69, 9.17) is 5.11 Å². The van der Waals surface area contributed by atoms with E-state index in [1.54, 1.807) is 4.90 Å². The van der Waals surface area contributed by atoms with Crippen LogP contribution in [0.5, 0.6) is 0 Å². The van der Waals surface area contributed by atoms with Crippen LogP contribution in [0, 0.1) is 0 Å². The molecule has 8 nitrogen and oxygen atoms in total. The molecule has 0 bridgehead atoms. The molecule has 1 amide bonds. The van der Waals surface area contributed by atoms with Crippen molar-refractivity contribution in [2.24, 2.45) is 0 Å². The number of aromatic carboxylic acids is 1. The summed E-state index contributed by atoms with van der Waals surface area (Å²) in [5.41, 5.74) is -0.159. The van der Waals surface area contributed by atoms with Crippen LogP contribution in [0.4, 0.5) is 0 Å². The number of carbonyl (C=O) groups is 2. The van der Waals surface area contributed by atoms with Gasteiger partial charge >= 0.3 is 5.97 Å².